The van der Waals surface area contributed by atoms with E-state index < -0.39 is 0 Å². The number of azide groups is 1. The molecule has 3 heteroatoms. The first kappa shape index (κ1) is 8.62. The van der Waals surface area contributed by atoms with Crippen LogP contribution < -0.4 is 0 Å². The van der Waals surface area contributed by atoms with Crippen LogP contribution in [0.25, 0.3) is 10.4 Å². The van der Waals surface area contributed by atoms with E-state index >= 15 is 0 Å². The van der Waals surface area contributed by atoms with Crippen LogP contribution in [0.4, 0.5) is 0 Å². The van der Waals surface area contributed by atoms with E-state index in [1.54, 1.807) is 0 Å². The Bertz CT molecular complexity index is 283. The molecule has 0 aliphatic heterocycles. The quantitative estimate of drug-likeness (QED) is 0.371. The zero-order valence-corrected chi connectivity index (χ0v) is 7.07. The number of benzene rings is 1. The standard InChI is InChI=1S/C9H11N3/c1-2-8-3-5-9(6-4-8)7-11-12-10/h3-6H,2,7H2,1H3. The highest BCUT2D eigenvalue weighted by atomic mass is 15.1. The van der Waals surface area contributed by atoms with Gasteiger partial charge in [0.1, 0.15) is 0 Å². The van der Waals surface area contributed by atoms with Gasteiger partial charge in [0.05, 0.1) is 6.54 Å². The van der Waals surface area contributed by atoms with Gasteiger partial charge in [-0.2, -0.15) is 0 Å². The third kappa shape index (κ3) is 2.29. The lowest BCUT2D eigenvalue weighted by molar-refractivity contribution is 1.04. The second-order valence-electron chi connectivity index (χ2n) is 2.56. The van der Waals surface area contributed by atoms with Crippen LogP contribution in [0, 0.1) is 0 Å². The highest BCUT2D eigenvalue weighted by Gasteiger charge is 1.90. The molecule has 0 bridgehead atoms. The lowest BCUT2D eigenvalue weighted by Crippen LogP contribution is -1.82. The van der Waals surface area contributed by atoms with E-state index in [4.69, 9.17) is 5.53 Å². The molecule has 0 aliphatic rings. The third-order valence-corrected chi connectivity index (χ3v) is 1.75. The molecular formula is C9H11N3. The Hall–Kier alpha value is -1.47. The lowest BCUT2D eigenvalue weighted by Gasteiger charge is -1.97. The molecule has 0 fully saturated rings. The normalized spacial score (nSPS) is 9.08. The van der Waals surface area contributed by atoms with Gasteiger partial charge in [0.15, 0.2) is 0 Å². The molecule has 0 saturated heterocycles. The fourth-order valence-corrected chi connectivity index (χ4v) is 0.994. The van der Waals surface area contributed by atoms with Crippen molar-refractivity contribution in [3.05, 3.63) is 45.8 Å². The van der Waals surface area contributed by atoms with Crippen LogP contribution in [0.1, 0.15) is 18.1 Å². The van der Waals surface area contributed by atoms with Crippen LogP contribution >= 0.6 is 0 Å². The molecule has 0 aromatic heterocycles. The second-order valence-corrected chi connectivity index (χ2v) is 2.56. The van der Waals surface area contributed by atoms with Gasteiger partial charge in [-0.15, -0.1) is 0 Å². The van der Waals surface area contributed by atoms with Crippen molar-refractivity contribution in [3.63, 3.8) is 0 Å². The summed E-state index contributed by atoms with van der Waals surface area (Å²) in [6, 6.07) is 8.10. The summed E-state index contributed by atoms with van der Waals surface area (Å²) in [6.45, 7) is 2.56. The van der Waals surface area contributed by atoms with Crippen molar-refractivity contribution in [1.82, 2.24) is 0 Å². The Balaban J connectivity index is 2.70. The minimum Gasteiger partial charge on any atom is -0.0893 e. The first-order valence-corrected chi connectivity index (χ1v) is 3.95. The average molecular weight is 161 g/mol. The molecule has 0 N–H and O–H groups in total. The largest absolute Gasteiger partial charge is 0.0893 e. The van der Waals surface area contributed by atoms with Crippen molar-refractivity contribution in [2.24, 2.45) is 5.11 Å². The zero-order valence-electron chi connectivity index (χ0n) is 7.07. The van der Waals surface area contributed by atoms with Gasteiger partial charge in [0, 0.05) is 4.91 Å². The van der Waals surface area contributed by atoms with Gasteiger partial charge in [-0.1, -0.05) is 36.3 Å². The molecule has 1 rings (SSSR count). The molecule has 0 amide bonds. The molecule has 0 radical (unpaired) electrons. The first-order chi connectivity index (χ1) is 5.86. The van der Waals surface area contributed by atoms with Gasteiger partial charge < -0.3 is 0 Å². The highest BCUT2D eigenvalue weighted by molar-refractivity contribution is 5.22. The average Bonchev–Trinajstić information content (AvgIpc) is 2.15. The molecule has 0 unspecified atom stereocenters. The topological polar surface area (TPSA) is 48.8 Å². The van der Waals surface area contributed by atoms with Gasteiger partial charge in [-0.3, -0.25) is 0 Å². The third-order valence-electron chi connectivity index (χ3n) is 1.75. The van der Waals surface area contributed by atoms with Crippen molar-refractivity contribution < 1.29 is 0 Å². The molecule has 3 nitrogen and oxygen atoms in total. The highest BCUT2D eigenvalue weighted by Crippen LogP contribution is 2.05. The van der Waals surface area contributed by atoms with Gasteiger partial charge in [-0.25, -0.2) is 0 Å². The summed E-state index contributed by atoms with van der Waals surface area (Å²) >= 11 is 0. The summed E-state index contributed by atoms with van der Waals surface area (Å²) in [5.74, 6) is 0. The van der Waals surface area contributed by atoms with Gasteiger partial charge in [-0.05, 0) is 23.1 Å². The Morgan fingerprint density at radius 3 is 2.33 bits per heavy atom. The summed E-state index contributed by atoms with van der Waals surface area (Å²) in [5.41, 5.74) is 10.5. The molecule has 0 saturated carbocycles. The van der Waals surface area contributed by atoms with E-state index in [0.29, 0.717) is 6.54 Å². The van der Waals surface area contributed by atoms with Crippen LogP contribution in [0.5, 0.6) is 0 Å². The SMILES string of the molecule is CCc1ccc(CN=[N+]=[N-])cc1. The van der Waals surface area contributed by atoms with Crippen molar-refractivity contribution in [3.8, 4) is 0 Å². The van der Waals surface area contributed by atoms with E-state index in [9.17, 15) is 0 Å². The van der Waals surface area contributed by atoms with E-state index in [0.717, 1.165) is 12.0 Å². The van der Waals surface area contributed by atoms with E-state index in [2.05, 4.69) is 29.1 Å². The fourth-order valence-electron chi connectivity index (χ4n) is 0.994. The molecule has 62 valence electrons. The molecule has 1 aromatic rings. The van der Waals surface area contributed by atoms with Crippen LogP contribution in [-0.4, -0.2) is 0 Å². The van der Waals surface area contributed by atoms with Gasteiger partial charge >= 0.3 is 0 Å². The molecule has 0 heterocycles. The summed E-state index contributed by atoms with van der Waals surface area (Å²) in [4.78, 5) is 2.70. The number of nitrogens with zero attached hydrogens (tertiary/aromatic N) is 3. The summed E-state index contributed by atoms with van der Waals surface area (Å²) in [7, 11) is 0. The minimum atomic E-state index is 0.445. The summed E-state index contributed by atoms with van der Waals surface area (Å²) in [5, 5.41) is 3.48. The Kier molecular flexibility index (Phi) is 3.17. The molecular weight excluding hydrogens is 150 g/mol. The van der Waals surface area contributed by atoms with Gasteiger partial charge in [0.2, 0.25) is 0 Å². The molecule has 0 spiro atoms. The maximum Gasteiger partial charge on any atom is 0.0510 e. The maximum absolute atomic E-state index is 8.09. The monoisotopic (exact) mass is 161 g/mol. The van der Waals surface area contributed by atoms with Crippen molar-refractivity contribution in [1.29, 1.82) is 0 Å². The molecule has 1 aromatic carbocycles. The Morgan fingerprint density at radius 2 is 1.83 bits per heavy atom. The number of hydrogen-bond acceptors (Lipinski definition) is 1. The Morgan fingerprint density at radius 1 is 1.25 bits per heavy atom. The predicted octanol–water partition coefficient (Wildman–Crippen LogP) is 3.06. The predicted molar refractivity (Wildman–Crippen MR) is 48.7 cm³/mol. The van der Waals surface area contributed by atoms with Crippen LogP contribution in [-0.2, 0) is 13.0 Å². The van der Waals surface area contributed by atoms with E-state index in [-0.39, 0.29) is 0 Å². The van der Waals surface area contributed by atoms with Crippen LogP contribution in [0.3, 0.4) is 0 Å². The number of hydrogen-bond donors (Lipinski definition) is 0. The number of aryl methyl sites for hydroxylation is 1. The summed E-state index contributed by atoms with van der Waals surface area (Å²) < 4.78 is 0. The lowest BCUT2D eigenvalue weighted by atomic mass is 10.1. The van der Waals surface area contributed by atoms with Crippen molar-refractivity contribution in [2.75, 3.05) is 0 Å². The molecule has 12 heavy (non-hydrogen) atoms. The van der Waals surface area contributed by atoms with Gasteiger partial charge in [0.25, 0.3) is 0 Å². The van der Waals surface area contributed by atoms with Crippen molar-refractivity contribution >= 4 is 0 Å². The first-order valence-electron chi connectivity index (χ1n) is 3.95. The fraction of sp³-hybridized carbons (Fsp3) is 0.333. The maximum atomic E-state index is 8.09. The van der Waals surface area contributed by atoms with Crippen LogP contribution in [0.2, 0.25) is 0 Å². The smallest absolute Gasteiger partial charge is 0.0510 e. The zero-order chi connectivity index (χ0) is 8.81. The van der Waals surface area contributed by atoms with Crippen molar-refractivity contribution in [2.45, 2.75) is 19.9 Å². The Labute approximate surface area is 71.7 Å². The molecule has 0 atom stereocenters. The second kappa shape index (κ2) is 4.42. The minimum absolute atomic E-state index is 0.445. The van der Waals surface area contributed by atoms with E-state index in [1.165, 1.54) is 5.56 Å². The summed E-state index contributed by atoms with van der Waals surface area (Å²) in [6.07, 6.45) is 1.04. The molecule has 0 aliphatic carbocycles. The number of rotatable bonds is 3. The van der Waals surface area contributed by atoms with Crippen LogP contribution in [0.15, 0.2) is 29.4 Å². The van der Waals surface area contributed by atoms with E-state index in [1.807, 2.05) is 12.1 Å².